The van der Waals surface area contributed by atoms with Gasteiger partial charge in [0.05, 0.1) is 26.4 Å². The summed E-state index contributed by atoms with van der Waals surface area (Å²) in [5, 5.41) is 9.13. The Hall–Kier alpha value is -0.120. The molecule has 3 heteroatoms. The first-order valence-corrected chi connectivity index (χ1v) is 6.37. The number of unbranched alkanes of at least 4 members (excludes halogenated alkanes) is 3. The molecule has 0 radical (unpaired) electrons. The molecule has 0 aliphatic carbocycles. The van der Waals surface area contributed by atoms with Crippen LogP contribution in [-0.2, 0) is 4.74 Å². The van der Waals surface area contributed by atoms with Crippen LogP contribution in [0.1, 0.15) is 32.6 Å². The number of hydrogen-bond donors (Lipinski definition) is 1. The van der Waals surface area contributed by atoms with Crippen LogP contribution in [0.2, 0.25) is 0 Å². The monoisotopic (exact) mass is 216 g/mol. The van der Waals surface area contributed by atoms with E-state index in [0.717, 1.165) is 37.3 Å². The Morgan fingerprint density at radius 2 is 1.80 bits per heavy atom. The van der Waals surface area contributed by atoms with Gasteiger partial charge >= 0.3 is 0 Å². The van der Waals surface area contributed by atoms with E-state index < -0.39 is 0 Å². The number of rotatable bonds is 7. The van der Waals surface area contributed by atoms with Gasteiger partial charge in [-0.05, 0) is 12.8 Å². The lowest BCUT2D eigenvalue weighted by molar-refractivity contribution is -0.935. The van der Waals surface area contributed by atoms with Crippen molar-refractivity contribution in [1.82, 2.24) is 0 Å². The van der Waals surface area contributed by atoms with Gasteiger partial charge in [0.1, 0.15) is 19.6 Å². The van der Waals surface area contributed by atoms with Crippen molar-refractivity contribution >= 4 is 0 Å². The highest BCUT2D eigenvalue weighted by Gasteiger charge is 2.28. The molecule has 1 heterocycles. The van der Waals surface area contributed by atoms with Crippen LogP contribution in [0.25, 0.3) is 0 Å². The van der Waals surface area contributed by atoms with Crippen molar-refractivity contribution in [2.45, 2.75) is 32.6 Å². The molecular formula is C12H26NO2+. The zero-order valence-corrected chi connectivity index (χ0v) is 10.1. The first-order chi connectivity index (χ1) is 7.33. The van der Waals surface area contributed by atoms with E-state index in [1.54, 1.807) is 0 Å². The van der Waals surface area contributed by atoms with Gasteiger partial charge in [-0.1, -0.05) is 19.8 Å². The minimum absolute atomic E-state index is 0.313. The molecule has 1 fully saturated rings. The predicted octanol–water partition coefficient (Wildman–Crippen LogP) is 1.41. The summed E-state index contributed by atoms with van der Waals surface area (Å²) in [5.41, 5.74) is 0. The highest BCUT2D eigenvalue weighted by Crippen LogP contribution is 2.14. The van der Waals surface area contributed by atoms with Gasteiger partial charge in [0.2, 0.25) is 0 Å². The van der Waals surface area contributed by atoms with Gasteiger partial charge < -0.3 is 14.3 Å². The van der Waals surface area contributed by atoms with Crippen molar-refractivity contribution in [3.63, 3.8) is 0 Å². The summed E-state index contributed by atoms with van der Waals surface area (Å²) in [6.07, 6.45) is 5.27. The summed E-state index contributed by atoms with van der Waals surface area (Å²) >= 11 is 0. The first kappa shape index (κ1) is 12.9. The Morgan fingerprint density at radius 1 is 1.07 bits per heavy atom. The van der Waals surface area contributed by atoms with Gasteiger partial charge in [-0.3, -0.25) is 0 Å². The second kappa shape index (κ2) is 7.20. The standard InChI is InChI=1S/C12H26NO2/c1-2-3-4-5-6-13(7-10-14)8-11-15-12-9-13/h14H,2-12H2,1H3/q+1. The molecule has 90 valence electrons. The third kappa shape index (κ3) is 4.49. The molecule has 1 N–H and O–H groups in total. The smallest absolute Gasteiger partial charge is 0.103 e. The molecule has 0 aromatic rings. The molecule has 0 bridgehead atoms. The zero-order valence-electron chi connectivity index (χ0n) is 10.1. The fourth-order valence-corrected chi connectivity index (χ4v) is 2.38. The van der Waals surface area contributed by atoms with E-state index in [1.807, 2.05) is 0 Å². The molecule has 0 unspecified atom stereocenters. The van der Waals surface area contributed by atoms with E-state index in [9.17, 15) is 0 Å². The maximum absolute atomic E-state index is 9.13. The molecule has 0 spiro atoms. The molecular weight excluding hydrogens is 190 g/mol. The van der Waals surface area contributed by atoms with Crippen LogP contribution in [0.3, 0.4) is 0 Å². The number of ether oxygens (including phenoxy) is 1. The lowest BCUT2D eigenvalue weighted by Gasteiger charge is -2.41. The molecule has 1 aliphatic rings. The second-order valence-corrected chi connectivity index (χ2v) is 4.63. The van der Waals surface area contributed by atoms with Gasteiger partial charge in [-0.25, -0.2) is 0 Å². The van der Waals surface area contributed by atoms with E-state index in [-0.39, 0.29) is 0 Å². The van der Waals surface area contributed by atoms with Gasteiger partial charge in [-0.15, -0.1) is 0 Å². The molecule has 1 rings (SSSR count). The Bertz CT molecular complexity index is 150. The minimum Gasteiger partial charge on any atom is -0.391 e. The van der Waals surface area contributed by atoms with Crippen LogP contribution in [0.15, 0.2) is 0 Å². The van der Waals surface area contributed by atoms with Crippen molar-refractivity contribution in [2.24, 2.45) is 0 Å². The molecule has 1 aliphatic heterocycles. The molecule has 3 nitrogen and oxygen atoms in total. The van der Waals surface area contributed by atoms with E-state index in [2.05, 4.69) is 6.92 Å². The summed E-state index contributed by atoms with van der Waals surface area (Å²) in [6.45, 7) is 8.61. The topological polar surface area (TPSA) is 29.5 Å². The number of nitrogens with zero attached hydrogens (tertiary/aromatic N) is 1. The summed E-state index contributed by atoms with van der Waals surface area (Å²) in [5.74, 6) is 0. The largest absolute Gasteiger partial charge is 0.391 e. The Labute approximate surface area is 93.6 Å². The van der Waals surface area contributed by atoms with Gasteiger partial charge in [0.15, 0.2) is 0 Å². The first-order valence-electron chi connectivity index (χ1n) is 6.37. The molecule has 0 saturated carbocycles. The van der Waals surface area contributed by atoms with Crippen LogP contribution >= 0.6 is 0 Å². The summed E-state index contributed by atoms with van der Waals surface area (Å²) in [4.78, 5) is 0. The van der Waals surface area contributed by atoms with Crippen molar-refractivity contribution in [2.75, 3.05) is 46.0 Å². The highest BCUT2D eigenvalue weighted by molar-refractivity contribution is 4.51. The highest BCUT2D eigenvalue weighted by atomic mass is 16.5. The van der Waals surface area contributed by atoms with Crippen LogP contribution in [-0.4, -0.2) is 55.6 Å². The Morgan fingerprint density at radius 3 is 2.40 bits per heavy atom. The molecule has 0 aromatic carbocycles. The lowest BCUT2D eigenvalue weighted by atomic mass is 10.1. The minimum atomic E-state index is 0.313. The number of aliphatic hydroxyl groups is 1. The van der Waals surface area contributed by atoms with Gasteiger partial charge in [-0.2, -0.15) is 0 Å². The quantitative estimate of drug-likeness (QED) is 0.515. The fourth-order valence-electron chi connectivity index (χ4n) is 2.38. The van der Waals surface area contributed by atoms with Gasteiger partial charge in [0.25, 0.3) is 0 Å². The second-order valence-electron chi connectivity index (χ2n) is 4.63. The maximum Gasteiger partial charge on any atom is 0.103 e. The number of aliphatic hydroxyl groups excluding tert-OH is 1. The summed E-state index contributed by atoms with van der Waals surface area (Å²) in [7, 11) is 0. The van der Waals surface area contributed by atoms with Crippen LogP contribution in [0.5, 0.6) is 0 Å². The van der Waals surface area contributed by atoms with E-state index in [1.165, 1.54) is 32.2 Å². The van der Waals surface area contributed by atoms with E-state index >= 15 is 0 Å². The van der Waals surface area contributed by atoms with Crippen molar-refractivity contribution < 1.29 is 14.3 Å². The van der Waals surface area contributed by atoms with Crippen molar-refractivity contribution in [3.05, 3.63) is 0 Å². The van der Waals surface area contributed by atoms with Gasteiger partial charge in [0, 0.05) is 0 Å². The Kier molecular flexibility index (Phi) is 6.22. The predicted molar refractivity (Wildman–Crippen MR) is 61.8 cm³/mol. The third-order valence-electron chi connectivity index (χ3n) is 3.48. The average molecular weight is 216 g/mol. The Balaban J connectivity index is 2.28. The molecule has 0 atom stereocenters. The van der Waals surface area contributed by atoms with Crippen LogP contribution in [0, 0.1) is 0 Å². The molecule has 0 amide bonds. The van der Waals surface area contributed by atoms with Crippen LogP contribution in [0.4, 0.5) is 0 Å². The van der Waals surface area contributed by atoms with E-state index in [0.29, 0.717) is 6.61 Å². The normalized spacial score (nSPS) is 20.4. The number of quaternary nitrogens is 1. The number of hydrogen-bond acceptors (Lipinski definition) is 2. The fraction of sp³-hybridized carbons (Fsp3) is 1.00. The average Bonchev–Trinajstić information content (AvgIpc) is 2.26. The molecule has 1 saturated heterocycles. The zero-order chi connectivity index (χ0) is 11.0. The summed E-state index contributed by atoms with van der Waals surface area (Å²) in [6, 6.07) is 0. The van der Waals surface area contributed by atoms with Crippen molar-refractivity contribution in [3.8, 4) is 0 Å². The van der Waals surface area contributed by atoms with Crippen LogP contribution < -0.4 is 0 Å². The lowest BCUT2D eigenvalue weighted by Crippen LogP contribution is -2.56. The van der Waals surface area contributed by atoms with E-state index in [4.69, 9.17) is 9.84 Å². The third-order valence-corrected chi connectivity index (χ3v) is 3.48. The summed E-state index contributed by atoms with van der Waals surface area (Å²) < 4.78 is 6.48. The SMILES string of the molecule is CCCCCC[N+]1(CCO)CCOCC1. The molecule has 15 heavy (non-hydrogen) atoms. The maximum atomic E-state index is 9.13. The molecule has 0 aromatic heterocycles. The van der Waals surface area contributed by atoms with Crippen molar-refractivity contribution in [1.29, 1.82) is 0 Å². The number of morpholine rings is 1.